The summed E-state index contributed by atoms with van der Waals surface area (Å²) < 4.78 is 5.21. The fourth-order valence-electron chi connectivity index (χ4n) is 1.17. The monoisotopic (exact) mass is 212 g/mol. The summed E-state index contributed by atoms with van der Waals surface area (Å²) in [4.78, 5) is 11.7. The molecule has 0 fully saturated rings. The van der Waals surface area contributed by atoms with Crippen molar-refractivity contribution in [3.63, 3.8) is 0 Å². The lowest BCUT2D eigenvalue weighted by atomic mass is 10.1. The van der Waals surface area contributed by atoms with Crippen LogP contribution in [0.25, 0.3) is 0 Å². The van der Waals surface area contributed by atoms with Crippen molar-refractivity contribution in [3.8, 4) is 0 Å². The van der Waals surface area contributed by atoms with E-state index in [0.29, 0.717) is 17.2 Å². The summed E-state index contributed by atoms with van der Waals surface area (Å²) >= 11 is 5.71. The highest BCUT2D eigenvalue weighted by atomic mass is 35.5. The summed E-state index contributed by atoms with van der Waals surface area (Å²) in [7, 11) is 0. The predicted octanol–water partition coefficient (Wildman–Crippen LogP) is 2.95. The molecule has 1 aromatic rings. The molecule has 76 valence electrons. The normalized spacial score (nSPS) is 12.5. The Balaban J connectivity index is 2.74. The van der Waals surface area contributed by atoms with Crippen molar-refractivity contribution in [2.24, 2.45) is 0 Å². The standard InChI is InChI=1S/C11H13ClO2/c1-3-14-8(2)11(13)9-4-6-10(12)7-5-9/h4-8H,3H2,1-2H3. The minimum absolute atomic E-state index is 0.0106. The third-order valence-electron chi connectivity index (χ3n) is 1.91. The number of rotatable bonds is 4. The number of benzene rings is 1. The van der Waals surface area contributed by atoms with Crippen molar-refractivity contribution in [1.29, 1.82) is 0 Å². The summed E-state index contributed by atoms with van der Waals surface area (Å²) in [5.74, 6) is -0.0106. The highest BCUT2D eigenvalue weighted by Crippen LogP contribution is 2.12. The number of halogens is 1. The van der Waals surface area contributed by atoms with Crippen LogP contribution in [0.1, 0.15) is 24.2 Å². The Kier molecular flexibility index (Phi) is 4.11. The second kappa shape index (κ2) is 5.13. The van der Waals surface area contributed by atoms with E-state index >= 15 is 0 Å². The van der Waals surface area contributed by atoms with Crippen LogP contribution < -0.4 is 0 Å². The lowest BCUT2D eigenvalue weighted by molar-refractivity contribution is 0.0520. The molecule has 0 N–H and O–H groups in total. The topological polar surface area (TPSA) is 26.3 Å². The van der Waals surface area contributed by atoms with Crippen molar-refractivity contribution >= 4 is 17.4 Å². The zero-order valence-corrected chi connectivity index (χ0v) is 9.04. The smallest absolute Gasteiger partial charge is 0.191 e. The van der Waals surface area contributed by atoms with E-state index in [0.717, 1.165) is 0 Å². The second-order valence-electron chi connectivity index (χ2n) is 2.97. The van der Waals surface area contributed by atoms with Gasteiger partial charge in [0.25, 0.3) is 0 Å². The molecule has 0 aliphatic carbocycles. The van der Waals surface area contributed by atoms with Gasteiger partial charge in [-0.2, -0.15) is 0 Å². The number of carbonyl (C=O) groups is 1. The fourth-order valence-corrected chi connectivity index (χ4v) is 1.30. The van der Waals surface area contributed by atoms with Crippen LogP contribution in [0.2, 0.25) is 5.02 Å². The van der Waals surface area contributed by atoms with Gasteiger partial charge < -0.3 is 4.74 Å². The number of ketones is 1. The zero-order valence-electron chi connectivity index (χ0n) is 8.29. The first-order valence-electron chi connectivity index (χ1n) is 4.56. The molecular formula is C11H13ClO2. The van der Waals surface area contributed by atoms with Gasteiger partial charge in [-0.05, 0) is 38.1 Å². The molecule has 3 heteroatoms. The molecule has 1 rings (SSSR count). The maximum Gasteiger partial charge on any atom is 0.191 e. The molecule has 0 radical (unpaired) electrons. The van der Waals surface area contributed by atoms with Crippen molar-refractivity contribution in [2.45, 2.75) is 20.0 Å². The first-order valence-corrected chi connectivity index (χ1v) is 4.94. The van der Waals surface area contributed by atoms with Crippen LogP contribution in [0.3, 0.4) is 0 Å². The van der Waals surface area contributed by atoms with Gasteiger partial charge in [0.1, 0.15) is 6.10 Å². The van der Waals surface area contributed by atoms with Gasteiger partial charge in [-0.15, -0.1) is 0 Å². The first kappa shape index (κ1) is 11.2. The van der Waals surface area contributed by atoms with Crippen molar-refractivity contribution in [2.75, 3.05) is 6.61 Å². The highest BCUT2D eigenvalue weighted by molar-refractivity contribution is 6.30. The van der Waals surface area contributed by atoms with Gasteiger partial charge in [0.2, 0.25) is 0 Å². The lowest BCUT2D eigenvalue weighted by Gasteiger charge is -2.09. The summed E-state index contributed by atoms with van der Waals surface area (Å²) in [5, 5.41) is 0.630. The molecule has 0 bridgehead atoms. The number of hydrogen-bond donors (Lipinski definition) is 0. The highest BCUT2D eigenvalue weighted by Gasteiger charge is 2.14. The average molecular weight is 213 g/mol. The van der Waals surface area contributed by atoms with E-state index in [1.807, 2.05) is 6.92 Å². The molecule has 0 aromatic heterocycles. The predicted molar refractivity (Wildman–Crippen MR) is 56.9 cm³/mol. The van der Waals surface area contributed by atoms with E-state index in [4.69, 9.17) is 16.3 Å². The Morgan fingerprint density at radius 2 is 2.00 bits per heavy atom. The molecule has 0 aliphatic heterocycles. The average Bonchev–Trinajstić information content (AvgIpc) is 2.18. The van der Waals surface area contributed by atoms with Gasteiger partial charge in [0, 0.05) is 17.2 Å². The van der Waals surface area contributed by atoms with Crippen LogP contribution in [0.4, 0.5) is 0 Å². The van der Waals surface area contributed by atoms with Gasteiger partial charge in [0.05, 0.1) is 0 Å². The van der Waals surface area contributed by atoms with Crippen LogP contribution in [-0.2, 0) is 4.74 Å². The Labute approximate surface area is 88.8 Å². The van der Waals surface area contributed by atoms with Gasteiger partial charge in [0.15, 0.2) is 5.78 Å². The maximum absolute atomic E-state index is 11.7. The maximum atomic E-state index is 11.7. The summed E-state index contributed by atoms with van der Waals surface area (Å²) in [6, 6.07) is 6.82. The first-order chi connectivity index (χ1) is 6.65. The third kappa shape index (κ3) is 2.82. The minimum atomic E-state index is -0.388. The molecule has 0 spiro atoms. The van der Waals surface area contributed by atoms with Gasteiger partial charge in [-0.1, -0.05) is 11.6 Å². The SMILES string of the molecule is CCOC(C)C(=O)c1ccc(Cl)cc1. The van der Waals surface area contributed by atoms with Crippen LogP contribution in [-0.4, -0.2) is 18.5 Å². The van der Waals surface area contributed by atoms with Crippen molar-refractivity contribution in [3.05, 3.63) is 34.9 Å². The molecule has 0 saturated heterocycles. The van der Waals surface area contributed by atoms with E-state index in [9.17, 15) is 4.79 Å². The molecular weight excluding hydrogens is 200 g/mol. The Hall–Kier alpha value is -0.860. The van der Waals surface area contributed by atoms with Crippen LogP contribution in [0.5, 0.6) is 0 Å². The second-order valence-corrected chi connectivity index (χ2v) is 3.41. The molecule has 0 aliphatic rings. The largest absolute Gasteiger partial charge is 0.371 e. The van der Waals surface area contributed by atoms with E-state index in [1.165, 1.54) is 0 Å². The molecule has 0 amide bonds. The van der Waals surface area contributed by atoms with Gasteiger partial charge >= 0.3 is 0 Å². The van der Waals surface area contributed by atoms with Gasteiger partial charge in [-0.25, -0.2) is 0 Å². The Morgan fingerprint density at radius 1 is 1.43 bits per heavy atom. The third-order valence-corrected chi connectivity index (χ3v) is 2.17. The Morgan fingerprint density at radius 3 is 2.50 bits per heavy atom. The van der Waals surface area contributed by atoms with E-state index < -0.39 is 0 Å². The number of Topliss-reactive ketones (excluding diaryl/α,β-unsaturated/α-hetero) is 1. The summed E-state index contributed by atoms with van der Waals surface area (Å²) in [6.45, 7) is 4.16. The van der Waals surface area contributed by atoms with E-state index in [1.54, 1.807) is 31.2 Å². The van der Waals surface area contributed by atoms with E-state index in [2.05, 4.69) is 0 Å². The molecule has 2 nitrogen and oxygen atoms in total. The molecule has 0 heterocycles. The number of hydrogen-bond acceptors (Lipinski definition) is 2. The number of carbonyl (C=O) groups excluding carboxylic acids is 1. The molecule has 14 heavy (non-hydrogen) atoms. The molecule has 1 unspecified atom stereocenters. The van der Waals surface area contributed by atoms with Crippen molar-refractivity contribution in [1.82, 2.24) is 0 Å². The quantitative estimate of drug-likeness (QED) is 0.718. The Bertz CT molecular complexity index is 306. The van der Waals surface area contributed by atoms with Crippen LogP contribution in [0.15, 0.2) is 24.3 Å². The van der Waals surface area contributed by atoms with Crippen molar-refractivity contribution < 1.29 is 9.53 Å². The zero-order chi connectivity index (χ0) is 10.6. The molecule has 0 saturated carbocycles. The van der Waals surface area contributed by atoms with Crippen LogP contribution >= 0.6 is 11.6 Å². The summed E-state index contributed by atoms with van der Waals surface area (Å²) in [6.07, 6.45) is -0.388. The molecule has 1 aromatic carbocycles. The molecule has 1 atom stereocenters. The van der Waals surface area contributed by atoms with Gasteiger partial charge in [-0.3, -0.25) is 4.79 Å². The lowest BCUT2D eigenvalue weighted by Crippen LogP contribution is -2.20. The van der Waals surface area contributed by atoms with E-state index in [-0.39, 0.29) is 11.9 Å². The number of ether oxygens (including phenoxy) is 1. The summed E-state index contributed by atoms with van der Waals surface area (Å²) in [5.41, 5.74) is 0.635. The minimum Gasteiger partial charge on any atom is -0.371 e. The fraction of sp³-hybridized carbons (Fsp3) is 0.364. The van der Waals surface area contributed by atoms with Crippen LogP contribution in [0, 0.1) is 0 Å².